The van der Waals surface area contributed by atoms with Crippen LogP contribution >= 0.6 is 0 Å². The zero-order valence-corrected chi connectivity index (χ0v) is 27.6. The van der Waals surface area contributed by atoms with E-state index in [1.54, 1.807) is 24.3 Å². The van der Waals surface area contributed by atoms with Crippen LogP contribution in [0.1, 0.15) is 62.3 Å². The van der Waals surface area contributed by atoms with Crippen LogP contribution in [0.15, 0.2) is 60.7 Å². The first-order chi connectivity index (χ1) is 18.8. The van der Waals surface area contributed by atoms with Crippen molar-refractivity contribution in [1.29, 1.82) is 0 Å². The summed E-state index contributed by atoms with van der Waals surface area (Å²) in [6.45, 7) is 21.9. The number of benzene rings is 3. The van der Waals surface area contributed by atoms with Crippen LogP contribution in [-0.2, 0) is 0 Å². The summed E-state index contributed by atoms with van der Waals surface area (Å²) in [6, 6.07) is 16.3. The number of hydrogen-bond donors (Lipinski definition) is 0. The van der Waals surface area contributed by atoms with E-state index in [9.17, 15) is 14.0 Å². The predicted molar refractivity (Wildman–Crippen MR) is 166 cm³/mol. The highest BCUT2D eigenvalue weighted by Gasteiger charge is 2.41. The molecule has 2 amide bonds. The summed E-state index contributed by atoms with van der Waals surface area (Å²) >= 11 is 0. The number of imide groups is 1. The van der Waals surface area contributed by atoms with Gasteiger partial charge >= 0.3 is 0 Å². The van der Waals surface area contributed by atoms with Gasteiger partial charge in [0, 0.05) is 18.2 Å². The number of carbonyl (C=O) groups is 2. The van der Waals surface area contributed by atoms with Gasteiger partial charge in [-0.15, -0.1) is 0 Å². The molecule has 0 unspecified atom stereocenters. The molecule has 4 rings (SSSR count). The monoisotopic (exact) mass is 593 g/mol. The van der Waals surface area contributed by atoms with Gasteiger partial charge in [0.25, 0.3) is 11.8 Å². The molecule has 0 saturated carbocycles. The maximum atomic E-state index is 14.3. The molecular weight excluding hydrogens is 554 g/mol. The Hall–Kier alpha value is -3.44. The molecule has 0 radical (unpaired) electrons. The van der Waals surface area contributed by atoms with E-state index in [4.69, 9.17) is 13.6 Å². The summed E-state index contributed by atoms with van der Waals surface area (Å²) in [7, 11) is -4.28. The molecule has 0 aromatic heterocycles. The first kappa shape index (κ1) is 30.5. The van der Waals surface area contributed by atoms with Gasteiger partial charge in [0.05, 0.1) is 16.8 Å². The van der Waals surface area contributed by atoms with Gasteiger partial charge in [-0.1, -0.05) is 47.6 Å². The molecule has 9 heteroatoms. The fourth-order valence-electron chi connectivity index (χ4n) is 3.90. The zero-order chi connectivity index (χ0) is 30.5. The van der Waals surface area contributed by atoms with Gasteiger partial charge < -0.3 is 13.6 Å². The summed E-state index contributed by atoms with van der Waals surface area (Å²) < 4.78 is 33.7. The molecule has 3 aromatic carbocycles. The molecule has 1 aliphatic rings. The third kappa shape index (κ3) is 6.11. The maximum Gasteiger partial charge on any atom is 0.269 e. The largest absolute Gasteiger partial charge is 0.543 e. The lowest BCUT2D eigenvalue weighted by Crippen LogP contribution is -2.44. The fraction of sp³-hybridized carbons (Fsp3) is 0.375. The summed E-state index contributed by atoms with van der Waals surface area (Å²) in [5, 5.41) is 0.0142. The number of ether oxygens (including phenoxy) is 1. The minimum atomic E-state index is -2.14. The lowest BCUT2D eigenvalue weighted by Gasteiger charge is -2.38. The summed E-state index contributed by atoms with van der Waals surface area (Å²) in [6.07, 6.45) is 0. The van der Waals surface area contributed by atoms with Gasteiger partial charge in [0.2, 0.25) is 16.6 Å². The third-order valence-corrected chi connectivity index (χ3v) is 17.1. The van der Waals surface area contributed by atoms with Crippen molar-refractivity contribution in [1.82, 2.24) is 0 Å². The second-order valence-electron chi connectivity index (χ2n) is 13.6. The second kappa shape index (κ2) is 10.4. The number of carbonyl (C=O) groups excluding carboxylic acids is 2. The Morgan fingerprint density at radius 1 is 0.659 bits per heavy atom. The molecular formula is C32H40FNO5Si2. The van der Waals surface area contributed by atoms with Crippen molar-refractivity contribution in [3.63, 3.8) is 0 Å². The number of fused-ring (bicyclic) bond motifs is 1. The molecule has 3 aromatic rings. The maximum absolute atomic E-state index is 14.3. The summed E-state index contributed by atoms with van der Waals surface area (Å²) in [5.41, 5.74) is 0.189. The van der Waals surface area contributed by atoms with Crippen molar-refractivity contribution in [2.45, 2.75) is 77.8 Å². The van der Waals surface area contributed by atoms with Gasteiger partial charge in [0.1, 0.15) is 28.8 Å². The first-order valence-electron chi connectivity index (χ1n) is 13.8. The molecule has 0 N–H and O–H groups in total. The number of rotatable bonds is 7. The smallest absolute Gasteiger partial charge is 0.269 e. The normalized spacial score (nSPS) is 14.3. The van der Waals surface area contributed by atoms with Crippen molar-refractivity contribution < 1.29 is 27.6 Å². The van der Waals surface area contributed by atoms with Gasteiger partial charge in [0.15, 0.2) is 0 Å². The minimum absolute atomic E-state index is 0.00710. The molecule has 218 valence electrons. The number of nitrogens with zero attached hydrogens (tertiary/aromatic N) is 1. The van der Waals surface area contributed by atoms with Crippen molar-refractivity contribution in [3.8, 4) is 23.0 Å². The predicted octanol–water partition coefficient (Wildman–Crippen LogP) is 9.19. The summed E-state index contributed by atoms with van der Waals surface area (Å²) in [5.74, 6) is 0.476. The van der Waals surface area contributed by atoms with Crippen molar-refractivity contribution in [2.24, 2.45) is 0 Å². The van der Waals surface area contributed by atoms with Crippen molar-refractivity contribution in [3.05, 3.63) is 77.6 Å². The molecule has 0 fully saturated rings. The lowest BCUT2D eigenvalue weighted by atomic mass is 10.1. The van der Waals surface area contributed by atoms with Crippen molar-refractivity contribution >= 4 is 34.1 Å². The molecule has 41 heavy (non-hydrogen) atoms. The van der Waals surface area contributed by atoms with Gasteiger partial charge in [-0.05, 0) is 72.7 Å². The Morgan fingerprint density at radius 2 is 1.15 bits per heavy atom. The van der Waals surface area contributed by atoms with E-state index in [1.165, 1.54) is 18.2 Å². The number of halogens is 1. The Bertz CT molecular complexity index is 1440. The van der Waals surface area contributed by atoms with Crippen LogP contribution in [0.3, 0.4) is 0 Å². The van der Waals surface area contributed by atoms with Crippen LogP contribution in [0.5, 0.6) is 23.0 Å². The Labute approximate surface area is 244 Å². The summed E-state index contributed by atoms with van der Waals surface area (Å²) in [4.78, 5) is 26.7. The molecule has 0 spiro atoms. The van der Waals surface area contributed by atoms with Gasteiger partial charge in [-0.3, -0.25) is 9.59 Å². The highest BCUT2D eigenvalue weighted by atomic mass is 28.4. The van der Waals surface area contributed by atoms with Gasteiger partial charge in [-0.25, -0.2) is 9.29 Å². The van der Waals surface area contributed by atoms with E-state index in [1.807, 2.05) is 18.2 Å². The third-order valence-electron chi connectivity index (χ3n) is 8.41. The van der Waals surface area contributed by atoms with Crippen LogP contribution in [0.25, 0.3) is 0 Å². The number of hydrogen-bond acceptors (Lipinski definition) is 5. The SMILES string of the molecule is CC(C)(C)[Si](C)(C)Oc1cc(Oc2ccc(N3C(=O)c4cccc(F)c4C3=O)cc2)cc(O[Si](C)(C)C(C)(C)C)c1. The average molecular weight is 594 g/mol. The topological polar surface area (TPSA) is 65.1 Å². The molecule has 1 heterocycles. The highest BCUT2D eigenvalue weighted by molar-refractivity contribution is 6.75. The number of anilines is 1. The van der Waals surface area contributed by atoms with E-state index < -0.39 is 34.3 Å². The van der Waals surface area contributed by atoms with Crippen LogP contribution < -0.4 is 18.5 Å². The van der Waals surface area contributed by atoms with Crippen LogP contribution in [0.2, 0.25) is 36.3 Å². The zero-order valence-electron chi connectivity index (χ0n) is 25.6. The quantitative estimate of drug-likeness (QED) is 0.202. The Morgan fingerprint density at radius 3 is 1.61 bits per heavy atom. The lowest BCUT2D eigenvalue weighted by molar-refractivity contribution is 0.0925. The van der Waals surface area contributed by atoms with Crippen LogP contribution in [0.4, 0.5) is 10.1 Å². The molecule has 6 nitrogen and oxygen atoms in total. The molecule has 0 atom stereocenters. The van der Waals surface area contributed by atoms with Gasteiger partial charge in [-0.2, -0.15) is 0 Å². The highest BCUT2D eigenvalue weighted by Crippen LogP contribution is 2.42. The minimum Gasteiger partial charge on any atom is -0.543 e. The molecule has 0 saturated heterocycles. The standard InChI is InChI=1S/C32H40FNO5Si2/c1-31(2,3)40(7,8)38-24-18-23(19-25(20-24)39-41(9,10)32(4,5)6)37-22-16-14-21(15-17-22)34-29(35)26-12-11-13-27(33)28(26)30(34)36/h11-20H,1-10H3. The molecule has 1 aliphatic heterocycles. The number of amides is 2. The fourth-order valence-corrected chi connectivity index (χ4v) is 5.92. The van der Waals surface area contributed by atoms with Crippen LogP contribution in [0, 0.1) is 5.82 Å². The van der Waals surface area contributed by atoms with E-state index in [0.29, 0.717) is 28.7 Å². The Kier molecular flexibility index (Phi) is 7.77. The Balaban J connectivity index is 1.63. The van der Waals surface area contributed by atoms with E-state index in [-0.39, 0.29) is 21.2 Å². The molecule has 0 bridgehead atoms. The molecule has 0 aliphatic carbocycles. The van der Waals surface area contributed by atoms with Crippen molar-refractivity contribution in [2.75, 3.05) is 4.90 Å². The van der Waals surface area contributed by atoms with E-state index in [0.717, 1.165) is 4.90 Å². The average Bonchev–Trinajstić information content (AvgIpc) is 3.08. The first-order valence-corrected chi connectivity index (χ1v) is 19.6. The van der Waals surface area contributed by atoms with E-state index >= 15 is 0 Å². The van der Waals surface area contributed by atoms with E-state index in [2.05, 4.69) is 67.7 Å². The second-order valence-corrected chi connectivity index (χ2v) is 23.0. The van der Waals surface area contributed by atoms with Crippen LogP contribution in [-0.4, -0.2) is 28.4 Å².